The summed E-state index contributed by atoms with van der Waals surface area (Å²) in [5.74, 6) is 0.0733. The zero-order valence-corrected chi connectivity index (χ0v) is 17.5. The summed E-state index contributed by atoms with van der Waals surface area (Å²) in [5, 5.41) is 21.3. The van der Waals surface area contributed by atoms with Crippen LogP contribution in [0.4, 0.5) is 0 Å². The highest BCUT2D eigenvalue weighted by atomic mass is 16.4. The Balaban J connectivity index is 1.55. The number of aromatic hydroxyl groups is 1. The number of nitrogens with zero attached hydrogens (tertiary/aromatic N) is 1. The molecular formula is C24H26N2O5. The Kier molecular flexibility index (Phi) is 7.07. The lowest BCUT2D eigenvalue weighted by Crippen LogP contribution is -2.42. The molecule has 0 aliphatic rings. The molecular weight excluding hydrogens is 396 g/mol. The largest absolute Gasteiger partial charge is 0.508 e. The van der Waals surface area contributed by atoms with E-state index in [0.29, 0.717) is 23.1 Å². The van der Waals surface area contributed by atoms with Crippen molar-refractivity contribution in [3.05, 3.63) is 71.7 Å². The highest BCUT2D eigenvalue weighted by molar-refractivity contribution is 5.83. The molecule has 0 saturated heterocycles. The average molecular weight is 422 g/mol. The Morgan fingerprint density at radius 1 is 1.06 bits per heavy atom. The van der Waals surface area contributed by atoms with Crippen LogP contribution in [0.1, 0.15) is 43.2 Å². The van der Waals surface area contributed by atoms with Crippen LogP contribution < -0.4 is 5.32 Å². The van der Waals surface area contributed by atoms with E-state index in [4.69, 9.17) is 4.42 Å². The minimum atomic E-state index is -1.12. The first kappa shape index (κ1) is 22.1. The molecule has 0 aliphatic heterocycles. The zero-order valence-electron chi connectivity index (χ0n) is 17.5. The van der Waals surface area contributed by atoms with Crippen LogP contribution in [-0.2, 0) is 22.4 Å². The Bertz CT molecular complexity index is 1020. The topological polar surface area (TPSA) is 113 Å². The number of carboxylic acids is 1. The van der Waals surface area contributed by atoms with Gasteiger partial charge in [-0.3, -0.25) is 4.79 Å². The van der Waals surface area contributed by atoms with Gasteiger partial charge in [0.2, 0.25) is 5.91 Å². The predicted molar refractivity (Wildman–Crippen MR) is 116 cm³/mol. The Morgan fingerprint density at radius 3 is 2.35 bits per heavy atom. The van der Waals surface area contributed by atoms with Gasteiger partial charge in [0.25, 0.3) is 0 Å². The molecule has 0 fully saturated rings. The Labute approximate surface area is 180 Å². The molecule has 2 aromatic carbocycles. The van der Waals surface area contributed by atoms with Gasteiger partial charge >= 0.3 is 5.97 Å². The summed E-state index contributed by atoms with van der Waals surface area (Å²) in [6, 6.07) is 13.2. The summed E-state index contributed by atoms with van der Waals surface area (Å²) in [5.41, 5.74) is 2.85. The van der Waals surface area contributed by atoms with Crippen molar-refractivity contribution in [2.75, 3.05) is 0 Å². The van der Waals surface area contributed by atoms with Crippen LogP contribution in [0.2, 0.25) is 0 Å². The Morgan fingerprint density at radius 2 is 1.74 bits per heavy atom. The molecule has 1 amide bonds. The highest BCUT2D eigenvalue weighted by Crippen LogP contribution is 2.23. The monoisotopic (exact) mass is 422 g/mol. The molecule has 162 valence electrons. The van der Waals surface area contributed by atoms with Crippen LogP contribution in [0.15, 0.2) is 59.1 Å². The zero-order chi connectivity index (χ0) is 22.4. The molecule has 1 heterocycles. The fourth-order valence-corrected chi connectivity index (χ4v) is 3.15. The Hall–Kier alpha value is -3.61. The van der Waals surface area contributed by atoms with Crippen LogP contribution in [0.25, 0.3) is 11.3 Å². The molecule has 7 nitrogen and oxygen atoms in total. The van der Waals surface area contributed by atoms with E-state index in [0.717, 1.165) is 5.56 Å². The van der Waals surface area contributed by atoms with Crippen molar-refractivity contribution in [3.8, 4) is 17.1 Å². The number of carbonyl (C=O) groups excluding carboxylic acids is 1. The maximum atomic E-state index is 12.3. The summed E-state index contributed by atoms with van der Waals surface area (Å²) in [6.45, 7) is 4.26. The number of benzene rings is 2. The van der Waals surface area contributed by atoms with Gasteiger partial charge in [-0.15, -0.1) is 0 Å². The maximum Gasteiger partial charge on any atom is 0.326 e. The number of oxazole rings is 1. The summed E-state index contributed by atoms with van der Waals surface area (Å²) in [4.78, 5) is 28.0. The van der Waals surface area contributed by atoms with Crippen molar-refractivity contribution in [1.29, 1.82) is 0 Å². The normalized spacial score (nSPS) is 12.0. The van der Waals surface area contributed by atoms with E-state index in [9.17, 15) is 19.8 Å². The minimum Gasteiger partial charge on any atom is -0.508 e. The second-order valence-electron chi connectivity index (χ2n) is 7.72. The van der Waals surface area contributed by atoms with Crippen LogP contribution in [0.5, 0.6) is 5.75 Å². The molecule has 7 heteroatoms. The van der Waals surface area contributed by atoms with Crippen molar-refractivity contribution in [1.82, 2.24) is 10.3 Å². The maximum absolute atomic E-state index is 12.3. The summed E-state index contributed by atoms with van der Waals surface area (Å²) < 4.78 is 5.75. The summed E-state index contributed by atoms with van der Waals surface area (Å²) in [6.07, 6.45) is 2.08. The standard InChI is InChI=1S/C24H26N2O5/c1-15(2)17-5-7-18(8-6-17)21-14-25-23(31-21)12-11-22(28)26-20(24(29)30)13-16-3-9-19(27)10-4-16/h3-10,14-15,20,27H,11-13H2,1-2H3,(H,26,28)(H,29,30). The summed E-state index contributed by atoms with van der Waals surface area (Å²) >= 11 is 0. The molecule has 0 aliphatic carbocycles. The van der Waals surface area contributed by atoms with Crippen LogP contribution >= 0.6 is 0 Å². The van der Waals surface area contributed by atoms with Gasteiger partial charge in [-0.1, -0.05) is 50.2 Å². The first-order valence-electron chi connectivity index (χ1n) is 10.2. The number of nitrogens with one attached hydrogen (secondary N) is 1. The third-order valence-electron chi connectivity index (χ3n) is 4.99. The lowest BCUT2D eigenvalue weighted by molar-refractivity contribution is -0.141. The van der Waals surface area contributed by atoms with Crippen molar-refractivity contribution < 1.29 is 24.2 Å². The molecule has 3 N–H and O–H groups in total. The molecule has 1 unspecified atom stereocenters. The number of carboxylic acid groups (broad SMARTS) is 1. The van der Waals surface area contributed by atoms with Crippen LogP contribution in [0, 0.1) is 0 Å². The summed E-state index contributed by atoms with van der Waals surface area (Å²) in [7, 11) is 0. The number of hydrogen-bond acceptors (Lipinski definition) is 5. The lowest BCUT2D eigenvalue weighted by atomic mass is 10.0. The number of carbonyl (C=O) groups is 2. The second kappa shape index (κ2) is 9.93. The first-order valence-corrected chi connectivity index (χ1v) is 10.2. The van der Waals surface area contributed by atoms with Gasteiger partial charge < -0.3 is 19.9 Å². The molecule has 3 rings (SSSR count). The second-order valence-corrected chi connectivity index (χ2v) is 7.72. The van der Waals surface area contributed by atoms with Gasteiger partial charge in [-0.2, -0.15) is 0 Å². The number of amides is 1. The molecule has 0 spiro atoms. The van der Waals surface area contributed by atoms with Gasteiger partial charge in [0.05, 0.1) is 6.20 Å². The van der Waals surface area contributed by atoms with Gasteiger partial charge in [0, 0.05) is 24.8 Å². The van der Waals surface area contributed by atoms with E-state index < -0.39 is 17.9 Å². The third kappa shape index (κ3) is 6.18. The molecule has 3 aromatic rings. The van der Waals surface area contributed by atoms with Gasteiger partial charge in [0.1, 0.15) is 11.8 Å². The van der Waals surface area contributed by atoms with E-state index in [1.54, 1.807) is 18.3 Å². The highest BCUT2D eigenvalue weighted by Gasteiger charge is 2.21. The fourth-order valence-electron chi connectivity index (χ4n) is 3.15. The number of aryl methyl sites for hydroxylation is 1. The lowest BCUT2D eigenvalue weighted by Gasteiger charge is -2.14. The molecule has 1 atom stereocenters. The fraction of sp³-hybridized carbons (Fsp3) is 0.292. The van der Waals surface area contributed by atoms with Crippen molar-refractivity contribution in [3.63, 3.8) is 0 Å². The van der Waals surface area contributed by atoms with E-state index in [2.05, 4.69) is 36.3 Å². The van der Waals surface area contributed by atoms with Gasteiger partial charge in [0.15, 0.2) is 11.7 Å². The number of aliphatic carboxylic acids is 1. The van der Waals surface area contributed by atoms with Gasteiger partial charge in [-0.25, -0.2) is 9.78 Å². The smallest absolute Gasteiger partial charge is 0.326 e. The van der Waals surface area contributed by atoms with Gasteiger partial charge in [-0.05, 0) is 29.2 Å². The van der Waals surface area contributed by atoms with E-state index in [1.807, 2.05) is 12.1 Å². The predicted octanol–water partition coefficient (Wildman–Crippen LogP) is 3.92. The third-order valence-corrected chi connectivity index (χ3v) is 4.99. The van der Waals surface area contributed by atoms with E-state index in [1.165, 1.54) is 17.7 Å². The number of phenolic OH excluding ortho intramolecular Hbond substituents is 1. The number of hydrogen-bond donors (Lipinski definition) is 3. The SMILES string of the molecule is CC(C)c1ccc(-c2cnc(CCC(=O)NC(Cc3ccc(O)cc3)C(=O)O)o2)cc1. The average Bonchev–Trinajstić information content (AvgIpc) is 3.22. The van der Waals surface area contributed by atoms with Crippen molar-refractivity contribution in [2.45, 2.75) is 45.1 Å². The molecule has 0 radical (unpaired) electrons. The number of phenols is 1. The van der Waals surface area contributed by atoms with Crippen LogP contribution in [0.3, 0.4) is 0 Å². The van der Waals surface area contributed by atoms with Crippen LogP contribution in [-0.4, -0.2) is 33.1 Å². The van der Waals surface area contributed by atoms with Crippen molar-refractivity contribution in [2.24, 2.45) is 0 Å². The molecule has 0 saturated carbocycles. The van der Waals surface area contributed by atoms with E-state index >= 15 is 0 Å². The minimum absolute atomic E-state index is 0.0611. The molecule has 0 bridgehead atoms. The quantitative estimate of drug-likeness (QED) is 0.482. The molecule has 1 aromatic heterocycles. The number of aromatic nitrogens is 1. The number of rotatable bonds is 9. The van der Waals surface area contributed by atoms with Crippen molar-refractivity contribution >= 4 is 11.9 Å². The first-order chi connectivity index (χ1) is 14.8. The van der Waals surface area contributed by atoms with E-state index in [-0.39, 0.29) is 25.0 Å². The molecule has 31 heavy (non-hydrogen) atoms.